The van der Waals surface area contributed by atoms with E-state index < -0.39 is 5.97 Å². The highest BCUT2D eigenvalue weighted by Gasteiger charge is 2.15. The van der Waals surface area contributed by atoms with Gasteiger partial charge in [-0.3, -0.25) is 4.79 Å². The third-order valence-corrected chi connectivity index (χ3v) is 4.30. The lowest BCUT2D eigenvalue weighted by Gasteiger charge is -2.16. The Kier molecular flexibility index (Phi) is 6.10. The Morgan fingerprint density at radius 1 is 1.17 bits per heavy atom. The van der Waals surface area contributed by atoms with Crippen LogP contribution in [-0.4, -0.2) is 38.7 Å². The lowest BCUT2D eigenvalue weighted by Crippen LogP contribution is -2.36. The number of amides is 1. The molecule has 23 heavy (non-hydrogen) atoms. The van der Waals surface area contributed by atoms with Crippen molar-refractivity contribution in [3.05, 3.63) is 54.1 Å². The highest BCUT2D eigenvalue weighted by molar-refractivity contribution is 7.99. The molecule has 120 valence electrons. The number of carbonyl (C=O) groups excluding carboxylic acids is 1. The molecule has 0 fully saturated rings. The van der Waals surface area contributed by atoms with Crippen LogP contribution in [0.1, 0.15) is 34.3 Å². The second-order valence-corrected chi connectivity index (χ2v) is 5.89. The molecule has 2 aromatic rings. The monoisotopic (exact) mass is 331 g/mol. The maximum absolute atomic E-state index is 12.1. The van der Waals surface area contributed by atoms with Gasteiger partial charge in [-0.25, -0.2) is 14.8 Å². The number of thioether (sulfide) groups is 1. The molecule has 1 heterocycles. The van der Waals surface area contributed by atoms with E-state index >= 15 is 0 Å². The van der Waals surface area contributed by atoms with E-state index in [4.69, 9.17) is 5.11 Å². The molecular weight excluding hydrogens is 314 g/mol. The lowest BCUT2D eigenvalue weighted by molar-refractivity contribution is 0.0689. The SMILES string of the molecule is CCC(CSc1ccccc1)NC(=O)c1cnc(C(=O)O)cn1. The standard InChI is InChI=1S/C16H17N3O3S/c1-2-11(10-23-12-6-4-3-5-7-12)19-15(20)13-8-18-14(9-17-13)16(21)22/h3-9,11H,2,10H2,1H3,(H,19,20)(H,21,22). The van der Waals surface area contributed by atoms with Crippen LogP contribution in [0.5, 0.6) is 0 Å². The fourth-order valence-corrected chi connectivity index (χ4v) is 2.85. The van der Waals surface area contributed by atoms with Crippen LogP contribution in [-0.2, 0) is 0 Å². The first-order valence-corrected chi connectivity index (χ1v) is 8.12. The van der Waals surface area contributed by atoms with Crippen molar-refractivity contribution in [2.75, 3.05) is 5.75 Å². The summed E-state index contributed by atoms with van der Waals surface area (Å²) in [6, 6.07) is 9.95. The van der Waals surface area contributed by atoms with Crippen molar-refractivity contribution in [1.29, 1.82) is 0 Å². The number of carboxylic acid groups (broad SMARTS) is 1. The zero-order valence-electron chi connectivity index (χ0n) is 12.6. The molecule has 0 aliphatic rings. The summed E-state index contributed by atoms with van der Waals surface area (Å²) in [6.45, 7) is 2.00. The van der Waals surface area contributed by atoms with E-state index in [0.29, 0.717) is 0 Å². The Balaban J connectivity index is 1.92. The van der Waals surface area contributed by atoms with Gasteiger partial charge in [0.1, 0.15) is 5.69 Å². The molecule has 0 radical (unpaired) electrons. The predicted molar refractivity (Wildman–Crippen MR) is 87.7 cm³/mol. The molecule has 2 rings (SSSR count). The van der Waals surface area contributed by atoms with Gasteiger partial charge in [-0.15, -0.1) is 11.8 Å². The molecule has 7 heteroatoms. The molecule has 1 aromatic heterocycles. The van der Waals surface area contributed by atoms with E-state index in [9.17, 15) is 9.59 Å². The Labute approximate surface area is 138 Å². The van der Waals surface area contributed by atoms with Crippen LogP contribution in [0, 0.1) is 0 Å². The summed E-state index contributed by atoms with van der Waals surface area (Å²) < 4.78 is 0. The summed E-state index contributed by atoms with van der Waals surface area (Å²) in [4.78, 5) is 31.5. The summed E-state index contributed by atoms with van der Waals surface area (Å²) in [5.74, 6) is -0.780. The minimum absolute atomic E-state index is 0.00587. The zero-order valence-corrected chi connectivity index (χ0v) is 13.4. The average molecular weight is 331 g/mol. The summed E-state index contributed by atoms with van der Waals surface area (Å²) in [5.41, 5.74) is -0.0774. The molecule has 0 aliphatic carbocycles. The van der Waals surface area contributed by atoms with Crippen molar-refractivity contribution in [2.45, 2.75) is 24.3 Å². The first kappa shape index (κ1) is 17.0. The Hall–Kier alpha value is -2.41. The fraction of sp³-hybridized carbons (Fsp3) is 0.250. The molecule has 0 spiro atoms. The third kappa shape index (κ3) is 5.07. The minimum Gasteiger partial charge on any atom is -0.476 e. The number of nitrogens with one attached hydrogen (secondary N) is 1. The Morgan fingerprint density at radius 3 is 2.39 bits per heavy atom. The van der Waals surface area contributed by atoms with Crippen LogP contribution in [0.4, 0.5) is 0 Å². The molecular formula is C16H17N3O3S. The van der Waals surface area contributed by atoms with Gasteiger partial charge in [0.25, 0.3) is 5.91 Å². The summed E-state index contributed by atoms with van der Waals surface area (Å²) in [7, 11) is 0. The Bertz CT molecular complexity index is 662. The first-order chi connectivity index (χ1) is 11.1. The number of hydrogen-bond donors (Lipinski definition) is 2. The largest absolute Gasteiger partial charge is 0.476 e. The predicted octanol–water partition coefficient (Wildman–Crippen LogP) is 2.48. The van der Waals surface area contributed by atoms with Crippen LogP contribution < -0.4 is 5.32 Å². The molecule has 0 aliphatic heterocycles. The number of hydrogen-bond acceptors (Lipinski definition) is 5. The van der Waals surface area contributed by atoms with Gasteiger partial charge in [-0.2, -0.15) is 0 Å². The second-order valence-electron chi connectivity index (χ2n) is 4.79. The molecule has 0 bridgehead atoms. The maximum atomic E-state index is 12.1. The topological polar surface area (TPSA) is 92.2 Å². The van der Waals surface area contributed by atoms with Gasteiger partial charge in [0.15, 0.2) is 5.69 Å². The highest BCUT2D eigenvalue weighted by Crippen LogP contribution is 2.18. The van der Waals surface area contributed by atoms with Gasteiger partial charge < -0.3 is 10.4 Å². The van der Waals surface area contributed by atoms with Crippen molar-refractivity contribution < 1.29 is 14.7 Å². The number of aromatic carboxylic acids is 1. The third-order valence-electron chi connectivity index (χ3n) is 3.13. The van der Waals surface area contributed by atoms with Gasteiger partial charge in [0.2, 0.25) is 0 Å². The van der Waals surface area contributed by atoms with Crippen LogP contribution >= 0.6 is 11.8 Å². The van der Waals surface area contributed by atoms with Gasteiger partial charge in [-0.1, -0.05) is 25.1 Å². The van der Waals surface area contributed by atoms with Crippen molar-refractivity contribution in [1.82, 2.24) is 15.3 Å². The van der Waals surface area contributed by atoms with Crippen LogP contribution in [0.2, 0.25) is 0 Å². The van der Waals surface area contributed by atoms with Crippen LogP contribution in [0.3, 0.4) is 0 Å². The van der Waals surface area contributed by atoms with Crippen molar-refractivity contribution >= 4 is 23.6 Å². The van der Waals surface area contributed by atoms with Crippen LogP contribution in [0.15, 0.2) is 47.6 Å². The molecule has 1 amide bonds. The highest BCUT2D eigenvalue weighted by atomic mass is 32.2. The van der Waals surface area contributed by atoms with Gasteiger partial charge in [-0.05, 0) is 18.6 Å². The van der Waals surface area contributed by atoms with Crippen molar-refractivity contribution in [3.8, 4) is 0 Å². The fourth-order valence-electron chi connectivity index (χ4n) is 1.79. The van der Waals surface area contributed by atoms with Gasteiger partial charge in [0.05, 0.1) is 12.4 Å². The van der Waals surface area contributed by atoms with Gasteiger partial charge >= 0.3 is 5.97 Å². The van der Waals surface area contributed by atoms with Crippen molar-refractivity contribution in [3.63, 3.8) is 0 Å². The molecule has 2 N–H and O–H groups in total. The molecule has 0 saturated carbocycles. The van der Waals surface area contributed by atoms with E-state index in [-0.39, 0.29) is 23.3 Å². The van der Waals surface area contributed by atoms with Crippen molar-refractivity contribution in [2.24, 2.45) is 0 Å². The number of benzene rings is 1. The molecule has 0 saturated heterocycles. The quantitative estimate of drug-likeness (QED) is 0.757. The normalized spacial score (nSPS) is 11.7. The number of nitrogens with zero attached hydrogens (tertiary/aromatic N) is 2. The summed E-state index contributed by atoms with van der Waals surface area (Å²) in [6.07, 6.45) is 3.04. The van der Waals surface area contributed by atoms with Crippen LogP contribution in [0.25, 0.3) is 0 Å². The van der Waals surface area contributed by atoms with E-state index in [2.05, 4.69) is 15.3 Å². The van der Waals surface area contributed by atoms with E-state index in [1.54, 1.807) is 11.8 Å². The Morgan fingerprint density at radius 2 is 1.83 bits per heavy atom. The summed E-state index contributed by atoms with van der Waals surface area (Å²) >= 11 is 1.67. The average Bonchev–Trinajstić information content (AvgIpc) is 2.59. The van der Waals surface area contributed by atoms with E-state index in [0.717, 1.165) is 23.3 Å². The lowest BCUT2D eigenvalue weighted by atomic mass is 10.2. The molecule has 6 nitrogen and oxygen atoms in total. The number of carboxylic acids is 1. The smallest absolute Gasteiger partial charge is 0.356 e. The zero-order chi connectivity index (χ0) is 16.7. The molecule has 1 aromatic carbocycles. The van der Waals surface area contributed by atoms with Gasteiger partial charge in [0, 0.05) is 16.7 Å². The van der Waals surface area contributed by atoms with E-state index in [1.807, 2.05) is 37.3 Å². The number of aromatic nitrogens is 2. The first-order valence-electron chi connectivity index (χ1n) is 7.14. The molecule has 1 atom stereocenters. The second kappa shape index (κ2) is 8.28. The minimum atomic E-state index is -1.17. The number of rotatable bonds is 7. The maximum Gasteiger partial charge on any atom is 0.356 e. The summed E-state index contributed by atoms with van der Waals surface area (Å²) in [5, 5.41) is 11.7. The van der Waals surface area contributed by atoms with E-state index in [1.165, 1.54) is 6.20 Å². The number of carbonyl (C=O) groups is 2. The molecule has 1 unspecified atom stereocenters.